The molecule has 0 bridgehead atoms. The average molecular weight is 252 g/mol. The Kier molecular flexibility index (Phi) is 4.75. The topological polar surface area (TPSA) is 113 Å². The normalized spacial score (nSPS) is 21.3. The maximum Gasteiger partial charge on any atom is 0.725 e. The number of aliphatic carboxylic acids is 1. The van der Waals surface area contributed by atoms with Gasteiger partial charge in [-0.05, 0) is 0 Å². The Hall–Kier alpha value is -1.08. The van der Waals surface area contributed by atoms with E-state index in [1.54, 1.807) is 0 Å². The Bertz CT molecular complexity index is 307. The molecule has 1 rings (SSSR count). The van der Waals surface area contributed by atoms with Crippen LogP contribution < -0.4 is 0 Å². The van der Waals surface area contributed by atoms with E-state index >= 15 is 0 Å². The third-order valence-electron chi connectivity index (χ3n) is 2.12. The van der Waals surface area contributed by atoms with Gasteiger partial charge >= 0.3 is 14.2 Å². The van der Waals surface area contributed by atoms with E-state index in [0.29, 0.717) is 0 Å². The number of nitrogens with zero attached hydrogens (tertiary/aromatic N) is 1. The van der Waals surface area contributed by atoms with Crippen LogP contribution in [-0.2, 0) is 23.7 Å². The van der Waals surface area contributed by atoms with Crippen molar-refractivity contribution < 1.29 is 33.7 Å². The molecule has 0 radical (unpaired) electrons. The Morgan fingerprint density at radius 3 is 2.81 bits per heavy atom. The van der Waals surface area contributed by atoms with E-state index < -0.39 is 20.1 Å². The quantitative estimate of drug-likeness (QED) is 0.284. The molecule has 1 aliphatic rings. The van der Waals surface area contributed by atoms with Gasteiger partial charge in [0.15, 0.2) is 0 Å². The van der Waals surface area contributed by atoms with Crippen LogP contribution in [0.2, 0.25) is 0 Å². The van der Waals surface area contributed by atoms with Crippen LogP contribution in [0.3, 0.4) is 0 Å². The van der Waals surface area contributed by atoms with Crippen LogP contribution >= 0.6 is 8.25 Å². The van der Waals surface area contributed by atoms with Gasteiger partial charge in [0.05, 0.1) is 10.6 Å². The van der Waals surface area contributed by atoms with Crippen LogP contribution in [0.1, 0.15) is 6.42 Å². The standard InChI is InChI=1S/C7H10NO7P/c9-6-3-5(7(10)11)4-8(6)1-2-14-15-16(12)13/h5H,1-4H2,(H-,10,11,12,13)/p+1. The highest BCUT2D eigenvalue weighted by atomic mass is 31.1. The van der Waals surface area contributed by atoms with Crippen molar-refractivity contribution in [1.29, 1.82) is 0 Å². The summed E-state index contributed by atoms with van der Waals surface area (Å²) < 4.78 is 14.0. The molecule has 0 aromatic carbocycles. The summed E-state index contributed by atoms with van der Waals surface area (Å²) in [7, 11) is -2.82. The molecule has 2 atom stereocenters. The highest BCUT2D eigenvalue weighted by Crippen LogP contribution is 2.18. The van der Waals surface area contributed by atoms with Crippen molar-refractivity contribution in [2.75, 3.05) is 19.7 Å². The molecule has 1 saturated heterocycles. The van der Waals surface area contributed by atoms with Gasteiger partial charge in [0.2, 0.25) is 5.91 Å². The number of amides is 1. The predicted octanol–water partition coefficient (Wildman–Crippen LogP) is -0.483. The zero-order valence-electron chi connectivity index (χ0n) is 8.24. The van der Waals surface area contributed by atoms with Crippen molar-refractivity contribution in [2.45, 2.75) is 6.42 Å². The summed E-state index contributed by atoms with van der Waals surface area (Å²) in [6, 6.07) is 0. The van der Waals surface area contributed by atoms with Gasteiger partial charge in [0.25, 0.3) is 0 Å². The Morgan fingerprint density at radius 2 is 2.31 bits per heavy atom. The average Bonchev–Trinajstić information content (AvgIpc) is 2.55. The summed E-state index contributed by atoms with van der Waals surface area (Å²) in [5.41, 5.74) is 0. The smallest absolute Gasteiger partial charge is 0.481 e. The van der Waals surface area contributed by atoms with E-state index in [1.165, 1.54) is 4.90 Å². The second kappa shape index (κ2) is 5.86. The molecular formula is C7H11NO7P+. The molecule has 1 amide bonds. The van der Waals surface area contributed by atoms with Gasteiger partial charge in [-0.15, -0.1) is 4.89 Å². The monoisotopic (exact) mass is 252 g/mol. The zero-order valence-corrected chi connectivity index (χ0v) is 9.13. The Balaban J connectivity index is 2.25. The van der Waals surface area contributed by atoms with Gasteiger partial charge in [-0.3, -0.25) is 9.59 Å². The molecule has 1 fully saturated rings. The molecule has 0 spiro atoms. The number of carboxylic acids is 1. The number of rotatable bonds is 6. The maximum absolute atomic E-state index is 11.3. The molecule has 0 aromatic rings. The van der Waals surface area contributed by atoms with Gasteiger partial charge in [-0.2, -0.15) is 4.89 Å². The molecule has 0 aromatic heterocycles. The zero-order chi connectivity index (χ0) is 12.1. The Labute approximate surface area is 91.6 Å². The van der Waals surface area contributed by atoms with Crippen LogP contribution in [-0.4, -0.2) is 46.5 Å². The van der Waals surface area contributed by atoms with Crippen molar-refractivity contribution in [1.82, 2.24) is 4.90 Å². The third-order valence-corrected chi connectivity index (χ3v) is 2.36. The first-order chi connectivity index (χ1) is 7.50. The van der Waals surface area contributed by atoms with Crippen LogP contribution in [0.5, 0.6) is 0 Å². The molecule has 9 heteroatoms. The molecule has 8 nitrogen and oxygen atoms in total. The molecule has 90 valence electrons. The number of hydrogen-bond donors (Lipinski definition) is 2. The van der Waals surface area contributed by atoms with E-state index in [9.17, 15) is 14.2 Å². The van der Waals surface area contributed by atoms with Crippen LogP contribution in [0, 0.1) is 5.92 Å². The SMILES string of the molecule is O=C(O)C1CC(=O)N(CCOO[P+](=O)O)C1. The number of carbonyl (C=O) groups is 2. The maximum atomic E-state index is 11.3. The van der Waals surface area contributed by atoms with Crippen LogP contribution in [0.25, 0.3) is 0 Å². The van der Waals surface area contributed by atoms with Crippen molar-refractivity contribution in [2.24, 2.45) is 5.92 Å². The summed E-state index contributed by atoms with van der Waals surface area (Å²) in [4.78, 5) is 35.7. The highest BCUT2D eigenvalue weighted by Gasteiger charge is 2.34. The lowest BCUT2D eigenvalue weighted by atomic mass is 10.1. The lowest BCUT2D eigenvalue weighted by molar-refractivity contribution is -0.209. The molecule has 1 aliphatic heterocycles. The molecule has 2 unspecified atom stereocenters. The van der Waals surface area contributed by atoms with Crippen LogP contribution in [0.15, 0.2) is 0 Å². The molecule has 0 aliphatic carbocycles. The predicted molar refractivity (Wildman–Crippen MR) is 49.2 cm³/mol. The van der Waals surface area contributed by atoms with E-state index in [1.807, 2.05) is 0 Å². The summed E-state index contributed by atoms with van der Waals surface area (Å²) in [5, 5.41) is 8.69. The summed E-state index contributed by atoms with van der Waals surface area (Å²) in [6.07, 6.45) is -0.0234. The second-order valence-corrected chi connectivity index (χ2v) is 3.84. The largest absolute Gasteiger partial charge is 0.725 e. The van der Waals surface area contributed by atoms with Gasteiger partial charge in [-0.1, -0.05) is 0 Å². The first-order valence-electron chi connectivity index (χ1n) is 4.47. The molecule has 1 heterocycles. The summed E-state index contributed by atoms with van der Waals surface area (Å²) in [5.74, 6) is -1.97. The fraction of sp³-hybridized carbons (Fsp3) is 0.714. The number of carboxylic acid groups (broad SMARTS) is 1. The molecule has 0 saturated carbocycles. The molecular weight excluding hydrogens is 241 g/mol. The van der Waals surface area contributed by atoms with Gasteiger partial charge in [0, 0.05) is 24.1 Å². The van der Waals surface area contributed by atoms with E-state index in [2.05, 4.69) is 9.56 Å². The van der Waals surface area contributed by atoms with Crippen molar-refractivity contribution in [3.05, 3.63) is 0 Å². The summed E-state index contributed by atoms with van der Waals surface area (Å²) >= 11 is 0. The number of likely N-dealkylation sites (tertiary alicyclic amines) is 1. The van der Waals surface area contributed by atoms with Gasteiger partial charge in [-0.25, -0.2) is 0 Å². The fourth-order valence-corrected chi connectivity index (χ4v) is 1.55. The van der Waals surface area contributed by atoms with E-state index in [-0.39, 0.29) is 32.0 Å². The minimum atomic E-state index is -2.82. The first-order valence-corrected chi connectivity index (χ1v) is 5.60. The lowest BCUT2D eigenvalue weighted by Crippen LogP contribution is -2.29. The molecule has 2 N–H and O–H groups in total. The van der Waals surface area contributed by atoms with Crippen LogP contribution in [0.4, 0.5) is 0 Å². The highest BCUT2D eigenvalue weighted by molar-refractivity contribution is 7.31. The van der Waals surface area contributed by atoms with Crippen molar-refractivity contribution >= 4 is 20.1 Å². The van der Waals surface area contributed by atoms with Gasteiger partial charge < -0.3 is 10.0 Å². The second-order valence-electron chi connectivity index (χ2n) is 3.21. The van der Waals surface area contributed by atoms with Gasteiger partial charge in [0.1, 0.15) is 6.61 Å². The third kappa shape index (κ3) is 3.82. The first kappa shape index (κ1) is 13.0. The minimum Gasteiger partial charge on any atom is -0.481 e. The number of carbonyl (C=O) groups excluding carboxylic acids is 1. The summed E-state index contributed by atoms with van der Waals surface area (Å²) in [6.45, 7) is 0.175. The minimum absolute atomic E-state index is 0.0234. The van der Waals surface area contributed by atoms with E-state index in [4.69, 9.17) is 10.00 Å². The van der Waals surface area contributed by atoms with E-state index in [0.717, 1.165) is 0 Å². The molecule has 16 heavy (non-hydrogen) atoms. The lowest BCUT2D eigenvalue weighted by Gasteiger charge is -2.13. The van der Waals surface area contributed by atoms with Crippen molar-refractivity contribution in [3.8, 4) is 0 Å². The Morgan fingerprint density at radius 1 is 1.62 bits per heavy atom. The fourth-order valence-electron chi connectivity index (χ4n) is 1.38. The number of hydrogen-bond acceptors (Lipinski definition) is 5. The van der Waals surface area contributed by atoms with Crippen molar-refractivity contribution in [3.63, 3.8) is 0 Å².